The number of benzene rings is 1. The molecule has 1 aromatic rings. The molecule has 0 saturated carbocycles. The van der Waals surface area contributed by atoms with Crippen LogP contribution in [-0.4, -0.2) is 51.4 Å². The quantitative estimate of drug-likeness (QED) is 0.871. The Kier molecular flexibility index (Phi) is 5.13. The Bertz CT molecular complexity index is 414. The smallest absolute Gasteiger partial charge is 0.169 e. The Labute approximate surface area is 113 Å². The van der Waals surface area contributed by atoms with Crippen molar-refractivity contribution in [3.8, 4) is 5.75 Å². The summed E-state index contributed by atoms with van der Waals surface area (Å²) in [5.41, 5.74) is 0.614. The molecule has 1 atom stereocenters. The van der Waals surface area contributed by atoms with Gasteiger partial charge in [-0.25, -0.2) is 4.39 Å². The molecule has 1 aliphatic rings. The standard InChI is InChI=1S/C14H21FN2O2/c1-17-6-7-19-12(10-17)9-16-8-11-4-3-5-13(18-2)14(11)15/h3-5,12,16H,6-10H2,1-2H3. The van der Waals surface area contributed by atoms with Crippen LogP contribution >= 0.6 is 0 Å². The molecule has 0 aromatic heterocycles. The summed E-state index contributed by atoms with van der Waals surface area (Å²) in [5, 5.41) is 3.24. The van der Waals surface area contributed by atoms with Crippen molar-refractivity contribution in [2.75, 3.05) is 40.4 Å². The molecular formula is C14H21FN2O2. The maximum absolute atomic E-state index is 13.9. The molecule has 2 rings (SSSR count). The lowest BCUT2D eigenvalue weighted by Gasteiger charge is -2.30. The molecule has 0 aliphatic carbocycles. The van der Waals surface area contributed by atoms with Crippen molar-refractivity contribution < 1.29 is 13.9 Å². The lowest BCUT2D eigenvalue weighted by atomic mass is 10.2. The molecular weight excluding hydrogens is 247 g/mol. The molecule has 1 N–H and O–H groups in total. The zero-order valence-electron chi connectivity index (χ0n) is 11.5. The zero-order chi connectivity index (χ0) is 13.7. The van der Waals surface area contributed by atoms with E-state index in [9.17, 15) is 4.39 Å². The van der Waals surface area contributed by atoms with Gasteiger partial charge in [-0.2, -0.15) is 0 Å². The van der Waals surface area contributed by atoms with Crippen molar-refractivity contribution in [2.45, 2.75) is 12.6 Å². The molecule has 0 amide bonds. The summed E-state index contributed by atoms with van der Waals surface area (Å²) in [4.78, 5) is 2.24. The molecule has 0 spiro atoms. The maximum Gasteiger partial charge on any atom is 0.169 e. The fraction of sp³-hybridized carbons (Fsp3) is 0.571. The molecule has 1 unspecified atom stereocenters. The lowest BCUT2D eigenvalue weighted by Crippen LogP contribution is -2.44. The van der Waals surface area contributed by atoms with Gasteiger partial charge in [0.15, 0.2) is 11.6 Å². The van der Waals surface area contributed by atoms with Gasteiger partial charge in [0.25, 0.3) is 0 Å². The Balaban J connectivity index is 1.82. The number of methoxy groups -OCH3 is 1. The highest BCUT2D eigenvalue weighted by molar-refractivity contribution is 5.30. The van der Waals surface area contributed by atoms with Crippen LogP contribution in [0, 0.1) is 5.82 Å². The number of hydrogen-bond acceptors (Lipinski definition) is 4. The van der Waals surface area contributed by atoms with Crippen molar-refractivity contribution in [2.24, 2.45) is 0 Å². The summed E-state index contributed by atoms with van der Waals surface area (Å²) in [7, 11) is 3.55. The Morgan fingerprint density at radius 2 is 2.37 bits per heavy atom. The number of nitrogens with zero attached hydrogens (tertiary/aromatic N) is 1. The SMILES string of the molecule is COc1cccc(CNCC2CN(C)CCO2)c1F. The summed E-state index contributed by atoms with van der Waals surface area (Å²) >= 11 is 0. The van der Waals surface area contributed by atoms with E-state index in [-0.39, 0.29) is 17.7 Å². The molecule has 1 heterocycles. The predicted molar refractivity (Wildman–Crippen MR) is 71.9 cm³/mol. The van der Waals surface area contributed by atoms with E-state index in [1.807, 2.05) is 0 Å². The van der Waals surface area contributed by atoms with Crippen molar-refractivity contribution in [3.05, 3.63) is 29.6 Å². The molecule has 4 nitrogen and oxygen atoms in total. The van der Waals surface area contributed by atoms with Crippen LogP contribution in [0.4, 0.5) is 4.39 Å². The average molecular weight is 268 g/mol. The van der Waals surface area contributed by atoms with Gasteiger partial charge >= 0.3 is 0 Å². The second kappa shape index (κ2) is 6.84. The van der Waals surface area contributed by atoms with Crippen molar-refractivity contribution in [1.82, 2.24) is 10.2 Å². The summed E-state index contributed by atoms with van der Waals surface area (Å²) < 4.78 is 24.5. The maximum atomic E-state index is 13.9. The minimum absolute atomic E-state index is 0.174. The number of hydrogen-bond donors (Lipinski definition) is 1. The highest BCUT2D eigenvalue weighted by atomic mass is 19.1. The predicted octanol–water partition coefficient (Wildman–Crippen LogP) is 1.25. The fourth-order valence-corrected chi connectivity index (χ4v) is 2.21. The van der Waals surface area contributed by atoms with Crippen molar-refractivity contribution >= 4 is 0 Å². The third kappa shape index (κ3) is 3.89. The molecule has 106 valence electrons. The zero-order valence-corrected chi connectivity index (χ0v) is 11.5. The highest BCUT2D eigenvalue weighted by Gasteiger charge is 2.17. The molecule has 1 aromatic carbocycles. The van der Waals surface area contributed by atoms with Crippen LogP contribution in [-0.2, 0) is 11.3 Å². The van der Waals surface area contributed by atoms with Crippen molar-refractivity contribution in [3.63, 3.8) is 0 Å². The Morgan fingerprint density at radius 3 is 3.11 bits per heavy atom. The first-order valence-corrected chi connectivity index (χ1v) is 6.53. The molecule has 19 heavy (non-hydrogen) atoms. The fourth-order valence-electron chi connectivity index (χ4n) is 2.21. The van der Waals surface area contributed by atoms with E-state index in [1.165, 1.54) is 7.11 Å². The number of morpholine rings is 1. The van der Waals surface area contributed by atoms with Crippen LogP contribution in [0.5, 0.6) is 5.75 Å². The van der Waals surface area contributed by atoms with Crippen LogP contribution in [0.2, 0.25) is 0 Å². The van der Waals surface area contributed by atoms with E-state index < -0.39 is 0 Å². The molecule has 1 fully saturated rings. The van der Waals surface area contributed by atoms with Gasteiger partial charge in [-0.1, -0.05) is 12.1 Å². The number of rotatable bonds is 5. The van der Waals surface area contributed by atoms with Crippen LogP contribution < -0.4 is 10.1 Å². The van der Waals surface area contributed by atoms with Crippen LogP contribution in [0.15, 0.2) is 18.2 Å². The lowest BCUT2D eigenvalue weighted by molar-refractivity contribution is -0.0182. The third-order valence-electron chi connectivity index (χ3n) is 3.29. The number of halogens is 1. The molecule has 1 saturated heterocycles. The second-order valence-electron chi connectivity index (χ2n) is 4.82. The average Bonchev–Trinajstić information content (AvgIpc) is 2.41. The van der Waals surface area contributed by atoms with Gasteiger partial charge in [-0.3, -0.25) is 0 Å². The van der Waals surface area contributed by atoms with Gasteiger partial charge in [0.2, 0.25) is 0 Å². The van der Waals surface area contributed by atoms with E-state index >= 15 is 0 Å². The monoisotopic (exact) mass is 268 g/mol. The second-order valence-corrected chi connectivity index (χ2v) is 4.82. The summed E-state index contributed by atoms with van der Waals surface area (Å²) in [6.45, 7) is 3.85. The van der Waals surface area contributed by atoms with Gasteiger partial charge in [-0.05, 0) is 13.1 Å². The largest absolute Gasteiger partial charge is 0.494 e. The topological polar surface area (TPSA) is 33.7 Å². The first-order chi connectivity index (χ1) is 9.20. The van der Waals surface area contributed by atoms with E-state index in [0.717, 1.165) is 26.2 Å². The van der Waals surface area contributed by atoms with Crippen LogP contribution in [0.3, 0.4) is 0 Å². The van der Waals surface area contributed by atoms with E-state index in [0.29, 0.717) is 12.1 Å². The van der Waals surface area contributed by atoms with E-state index in [1.54, 1.807) is 18.2 Å². The van der Waals surface area contributed by atoms with Crippen LogP contribution in [0.1, 0.15) is 5.56 Å². The van der Waals surface area contributed by atoms with Gasteiger partial charge in [0, 0.05) is 31.7 Å². The minimum Gasteiger partial charge on any atom is -0.494 e. The normalized spacial score (nSPS) is 20.5. The molecule has 1 aliphatic heterocycles. The van der Waals surface area contributed by atoms with Gasteiger partial charge in [0.05, 0.1) is 19.8 Å². The molecule has 0 radical (unpaired) electrons. The first kappa shape index (κ1) is 14.2. The highest BCUT2D eigenvalue weighted by Crippen LogP contribution is 2.19. The summed E-state index contributed by atoms with van der Waals surface area (Å²) in [6, 6.07) is 5.18. The van der Waals surface area contributed by atoms with E-state index in [2.05, 4.69) is 17.3 Å². The minimum atomic E-state index is -0.292. The van der Waals surface area contributed by atoms with Crippen molar-refractivity contribution in [1.29, 1.82) is 0 Å². The number of ether oxygens (including phenoxy) is 2. The Morgan fingerprint density at radius 1 is 1.53 bits per heavy atom. The molecule has 0 bridgehead atoms. The van der Waals surface area contributed by atoms with Gasteiger partial charge < -0.3 is 19.7 Å². The number of likely N-dealkylation sites (N-methyl/N-ethyl adjacent to an activating group) is 1. The van der Waals surface area contributed by atoms with E-state index in [4.69, 9.17) is 9.47 Å². The van der Waals surface area contributed by atoms with Crippen LogP contribution in [0.25, 0.3) is 0 Å². The van der Waals surface area contributed by atoms with Gasteiger partial charge in [0.1, 0.15) is 0 Å². The first-order valence-electron chi connectivity index (χ1n) is 6.53. The summed E-state index contributed by atoms with van der Waals surface area (Å²) in [6.07, 6.45) is 0.174. The van der Waals surface area contributed by atoms with Gasteiger partial charge in [-0.15, -0.1) is 0 Å². The summed E-state index contributed by atoms with van der Waals surface area (Å²) in [5.74, 6) is -0.00729. The number of nitrogens with one attached hydrogen (secondary N) is 1. The Hall–Kier alpha value is -1.17. The molecule has 5 heteroatoms. The third-order valence-corrected chi connectivity index (χ3v) is 3.29.